The molecule has 2 N–H and O–H groups in total. The lowest BCUT2D eigenvalue weighted by molar-refractivity contribution is -0.137. The summed E-state index contributed by atoms with van der Waals surface area (Å²) in [6, 6.07) is 7.51. The van der Waals surface area contributed by atoms with E-state index in [0.717, 1.165) is 24.0 Å². The van der Waals surface area contributed by atoms with Gasteiger partial charge in [0.15, 0.2) is 0 Å². The van der Waals surface area contributed by atoms with Gasteiger partial charge in [-0.15, -0.1) is 0 Å². The number of hydrogen-bond donors (Lipinski definition) is 2. The van der Waals surface area contributed by atoms with Gasteiger partial charge in [0, 0.05) is 13.1 Å². The van der Waals surface area contributed by atoms with Gasteiger partial charge in [0.25, 0.3) is 0 Å². The van der Waals surface area contributed by atoms with Crippen LogP contribution in [0.4, 0.5) is 4.79 Å². The van der Waals surface area contributed by atoms with E-state index >= 15 is 0 Å². The number of aliphatic carboxylic acids is 1. The van der Waals surface area contributed by atoms with Crippen molar-refractivity contribution in [2.45, 2.75) is 26.3 Å². The van der Waals surface area contributed by atoms with Crippen LogP contribution < -0.4 is 5.32 Å². The van der Waals surface area contributed by atoms with E-state index in [-0.39, 0.29) is 12.6 Å². The number of rotatable bonds is 6. The highest BCUT2D eigenvalue weighted by molar-refractivity contribution is 5.80. The van der Waals surface area contributed by atoms with Crippen molar-refractivity contribution in [3.63, 3.8) is 0 Å². The summed E-state index contributed by atoms with van der Waals surface area (Å²) in [7, 11) is 0. The summed E-state index contributed by atoms with van der Waals surface area (Å²) >= 11 is 0. The van der Waals surface area contributed by atoms with Crippen molar-refractivity contribution in [1.29, 1.82) is 0 Å². The minimum absolute atomic E-state index is 0.240. The zero-order valence-corrected chi connectivity index (χ0v) is 11.6. The van der Waals surface area contributed by atoms with Crippen LogP contribution in [0.25, 0.3) is 0 Å². The summed E-state index contributed by atoms with van der Waals surface area (Å²) in [5.74, 6) is -0.504. The van der Waals surface area contributed by atoms with E-state index in [2.05, 4.69) is 5.32 Å². The van der Waals surface area contributed by atoms with Gasteiger partial charge < -0.3 is 15.3 Å². The predicted octanol–water partition coefficient (Wildman–Crippen LogP) is 2.00. The van der Waals surface area contributed by atoms with E-state index in [4.69, 9.17) is 5.11 Å². The normalized spacial score (nSPS) is 13.8. The quantitative estimate of drug-likeness (QED) is 0.835. The highest BCUT2D eigenvalue weighted by atomic mass is 16.4. The third-order valence-electron chi connectivity index (χ3n) is 3.48. The topological polar surface area (TPSA) is 69.6 Å². The number of urea groups is 1. The second-order valence-corrected chi connectivity index (χ2v) is 5.30. The van der Waals surface area contributed by atoms with Gasteiger partial charge in [0.05, 0.1) is 0 Å². The van der Waals surface area contributed by atoms with Crippen molar-refractivity contribution in [2.75, 3.05) is 13.1 Å². The molecule has 20 heavy (non-hydrogen) atoms. The van der Waals surface area contributed by atoms with Gasteiger partial charge in [-0.1, -0.05) is 24.3 Å². The van der Waals surface area contributed by atoms with Gasteiger partial charge >= 0.3 is 12.0 Å². The molecule has 2 rings (SSSR count). The van der Waals surface area contributed by atoms with Gasteiger partial charge in [-0.3, -0.25) is 4.79 Å². The molecule has 0 spiro atoms. The number of nitrogens with zero attached hydrogens (tertiary/aromatic N) is 1. The molecule has 108 valence electrons. The highest BCUT2D eigenvalue weighted by Gasteiger charge is 2.27. The van der Waals surface area contributed by atoms with Crippen molar-refractivity contribution in [3.05, 3.63) is 35.4 Å². The molecule has 0 radical (unpaired) electrons. The molecule has 1 aliphatic carbocycles. The Bertz CT molecular complexity index is 498. The van der Waals surface area contributed by atoms with Crippen LogP contribution in [0.2, 0.25) is 0 Å². The number of carboxylic acid groups (broad SMARTS) is 1. The smallest absolute Gasteiger partial charge is 0.323 e. The van der Waals surface area contributed by atoms with Crippen LogP contribution in [0.15, 0.2) is 24.3 Å². The molecule has 5 nitrogen and oxygen atoms in total. The fourth-order valence-electron chi connectivity index (χ4n) is 2.09. The van der Waals surface area contributed by atoms with Crippen molar-refractivity contribution < 1.29 is 14.7 Å². The molecule has 2 amide bonds. The maximum atomic E-state index is 12.1. The molecule has 0 atom stereocenters. The molecule has 0 saturated heterocycles. The molecule has 1 saturated carbocycles. The van der Waals surface area contributed by atoms with Gasteiger partial charge in [-0.25, -0.2) is 4.79 Å². The molecule has 0 heterocycles. The number of benzene rings is 1. The number of carbonyl (C=O) groups excluding carboxylic acids is 1. The number of amides is 2. The molecule has 0 bridgehead atoms. The average molecular weight is 276 g/mol. The van der Waals surface area contributed by atoms with E-state index in [9.17, 15) is 9.59 Å². The molecule has 1 fully saturated rings. The number of nitrogens with one attached hydrogen (secondary N) is 1. The third kappa shape index (κ3) is 4.26. The molecule has 1 aromatic carbocycles. The second-order valence-electron chi connectivity index (χ2n) is 5.30. The summed E-state index contributed by atoms with van der Waals surface area (Å²) < 4.78 is 0. The average Bonchev–Trinajstić information content (AvgIpc) is 3.20. The molecular weight excluding hydrogens is 256 g/mol. The van der Waals surface area contributed by atoms with Gasteiger partial charge in [-0.05, 0) is 36.8 Å². The van der Waals surface area contributed by atoms with Crippen molar-refractivity contribution in [3.8, 4) is 0 Å². The van der Waals surface area contributed by atoms with Crippen LogP contribution in [0, 0.1) is 12.8 Å². The second kappa shape index (κ2) is 6.41. The number of aryl methyl sites for hydroxylation is 1. The van der Waals surface area contributed by atoms with Crippen molar-refractivity contribution in [2.24, 2.45) is 5.92 Å². The van der Waals surface area contributed by atoms with Crippen molar-refractivity contribution >= 4 is 12.0 Å². The maximum absolute atomic E-state index is 12.1. The summed E-state index contributed by atoms with van der Waals surface area (Å²) in [4.78, 5) is 24.3. The largest absolute Gasteiger partial charge is 0.480 e. The van der Waals surface area contributed by atoms with Crippen molar-refractivity contribution in [1.82, 2.24) is 10.2 Å². The molecule has 0 unspecified atom stereocenters. The Morgan fingerprint density at radius 3 is 2.65 bits per heavy atom. The van der Waals surface area contributed by atoms with Crippen LogP contribution in [0.3, 0.4) is 0 Å². The van der Waals surface area contributed by atoms with Gasteiger partial charge in [0.2, 0.25) is 0 Å². The Hall–Kier alpha value is -2.04. The first kappa shape index (κ1) is 14.4. The van der Waals surface area contributed by atoms with Crippen LogP contribution in [0.1, 0.15) is 24.0 Å². The Morgan fingerprint density at radius 1 is 1.35 bits per heavy atom. The van der Waals surface area contributed by atoms with Crippen LogP contribution in [0.5, 0.6) is 0 Å². The number of hydrogen-bond acceptors (Lipinski definition) is 2. The lowest BCUT2D eigenvalue weighted by Crippen LogP contribution is -2.43. The minimum atomic E-state index is -0.975. The number of carboxylic acids is 1. The van der Waals surface area contributed by atoms with E-state index in [0.29, 0.717) is 19.0 Å². The molecule has 5 heteroatoms. The molecule has 0 aliphatic heterocycles. The predicted molar refractivity (Wildman–Crippen MR) is 75.3 cm³/mol. The summed E-state index contributed by atoms with van der Waals surface area (Å²) in [6.45, 7) is 2.70. The van der Waals surface area contributed by atoms with Gasteiger partial charge in [0.1, 0.15) is 6.54 Å². The maximum Gasteiger partial charge on any atom is 0.323 e. The van der Waals surface area contributed by atoms with Crippen LogP contribution in [-0.2, 0) is 11.3 Å². The Morgan fingerprint density at radius 2 is 2.05 bits per heavy atom. The van der Waals surface area contributed by atoms with E-state index in [1.807, 2.05) is 31.2 Å². The first-order valence-corrected chi connectivity index (χ1v) is 6.85. The van der Waals surface area contributed by atoms with E-state index in [1.165, 1.54) is 4.90 Å². The standard InChI is InChI=1S/C15H20N2O3/c1-11-4-2-3-5-13(11)8-16-15(20)17(10-14(18)19)9-12-6-7-12/h2-5,12H,6-10H2,1H3,(H,16,20)(H,18,19). The van der Waals surface area contributed by atoms with Crippen LogP contribution in [-0.4, -0.2) is 35.1 Å². The van der Waals surface area contributed by atoms with Gasteiger partial charge in [-0.2, -0.15) is 0 Å². The zero-order chi connectivity index (χ0) is 14.5. The van der Waals surface area contributed by atoms with E-state index in [1.54, 1.807) is 0 Å². The lowest BCUT2D eigenvalue weighted by Gasteiger charge is -2.21. The molecular formula is C15H20N2O3. The summed E-state index contributed by atoms with van der Waals surface area (Å²) in [6.07, 6.45) is 2.17. The Balaban J connectivity index is 1.90. The molecule has 0 aromatic heterocycles. The Labute approximate surface area is 118 Å². The summed E-state index contributed by atoms with van der Waals surface area (Å²) in [5.41, 5.74) is 2.15. The Kier molecular flexibility index (Phi) is 4.61. The summed E-state index contributed by atoms with van der Waals surface area (Å²) in [5, 5.41) is 11.7. The highest BCUT2D eigenvalue weighted by Crippen LogP contribution is 2.29. The monoisotopic (exact) mass is 276 g/mol. The first-order valence-electron chi connectivity index (χ1n) is 6.85. The zero-order valence-electron chi connectivity index (χ0n) is 11.6. The minimum Gasteiger partial charge on any atom is -0.480 e. The first-order chi connectivity index (χ1) is 9.56. The van der Waals surface area contributed by atoms with Crippen LogP contribution >= 0.6 is 0 Å². The van der Waals surface area contributed by atoms with E-state index < -0.39 is 5.97 Å². The fraction of sp³-hybridized carbons (Fsp3) is 0.467. The molecule has 1 aromatic rings. The fourth-order valence-corrected chi connectivity index (χ4v) is 2.09. The third-order valence-corrected chi connectivity index (χ3v) is 3.48. The SMILES string of the molecule is Cc1ccccc1CNC(=O)N(CC(=O)O)CC1CC1. The molecule has 1 aliphatic rings. The number of carbonyl (C=O) groups is 2. The lowest BCUT2D eigenvalue weighted by atomic mass is 10.1.